The summed E-state index contributed by atoms with van der Waals surface area (Å²) < 4.78 is 0. The van der Waals surface area contributed by atoms with E-state index in [1.165, 1.54) is 38.6 Å². The van der Waals surface area contributed by atoms with Gasteiger partial charge in [0.2, 0.25) is 0 Å². The van der Waals surface area contributed by atoms with Crippen LogP contribution < -0.4 is 5.73 Å². The number of piperidine rings is 1. The molecule has 4 unspecified atom stereocenters. The molecule has 2 aliphatic rings. The molecule has 1 heterocycles. The Hall–Kier alpha value is -0.0800. The molecule has 0 aromatic carbocycles. The van der Waals surface area contributed by atoms with Crippen LogP contribution in [0.5, 0.6) is 0 Å². The normalized spacial score (nSPS) is 44.8. The maximum absolute atomic E-state index is 6.01. The van der Waals surface area contributed by atoms with E-state index in [9.17, 15) is 0 Å². The Labute approximate surface area is 107 Å². The van der Waals surface area contributed by atoms with Crippen molar-refractivity contribution in [3.63, 3.8) is 0 Å². The van der Waals surface area contributed by atoms with Crippen molar-refractivity contribution in [2.45, 2.75) is 65.0 Å². The van der Waals surface area contributed by atoms with Gasteiger partial charge in [-0.3, -0.25) is 4.90 Å². The number of hydrogen-bond donors (Lipinski definition) is 1. The van der Waals surface area contributed by atoms with Gasteiger partial charge in [-0.2, -0.15) is 0 Å². The van der Waals surface area contributed by atoms with Gasteiger partial charge in [-0.1, -0.05) is 27.2 Å². The Morgan fingerprint density at radius 3 is 2.29 bits per heavy atom. The SMILES string of the molecule is CC1CCN(C2C(C)CCCC2C)C(CN)C1. The monoisotopic (exact) mass is 238 g/mol. The van der Waals surface area contributed by atoms with Crippen LogP contribution in [0.25, 0.3) is 0 Å². The first-order chi connectivity index (χ1) is 8.13. The summed E-state index contributed by atoms with van der Waals surface area (Å²) in [5.41, 5.74) is 6.01. The van der Waals surface area contributed by atoms with Crippen LogP contribution in [0.15, 0.2) is 0 Å². The molecular formula is C15H30N2. The van der Waals surface area contributed by atoms with Crippen LogP contribution in [0, 0.1) is 17.8 Å². The van der Waals surface area contributed by atoms with E-state index in [4.69, 9.17) is 5.73 Å². The van der Waals surface area contributed by atoms with E-state index in [1.54, 1.807) is 0 Å². The van der Waals surface area contributed by atoms with Crippen molar-refractivity contribution in [1.29, 1.82) is 0 Å². The van der Waals surface area contributed by atoms with E-state index >= 15 is 0 Å². The van der Waals surface area contributed by atoms with Gasteiger partial charge >= 0.3 is 0 Å². The molecule has 2 rings (SSSR count). The number of nitrogens with zero attached hydrogens (tertiary/aromatic N) is 1. The van der Waals surface area contributed by atoms with Gasteiger partial charge < -0.3 is 5.73 Å². The largest absolute Gasteiger partial charge is 0.329 e. The van der Waals surface area contributed by atoms with Crippen LogP contribution in [-0.4, -0.2) is 30.1 Å². The minimum absolute atomic E-state index is 0.645. The first kappa shape index (κ1) is 13.4. The summed E-state index contributed by atoms with van der Waals surface area (Å²) in [6, 6.07) is 1.44. The van der Waals surface area contributed by atoms with Crippen LogP contribution in [0.2, 0.25) is 0 Å². The van der Waals surface area contributed by atoms with Crippen molar-refractivity contribution in [2.75, 3.05) is 13.1 Å². The molecule has 1 saturated carbocycles. The maximum Gasteiger partial charge on any atom is 0.0224 e. The minimum Gasteiger partial charge on any atom is -0.329 e. The first-order valence-corrected chi connectivity index (χ1v) is 7.59. The van der Waals surface area contributed by atoms with Crippen LogP contribution in [-0.2, 0) is 0 Å². The van der Waals surface area contributed by atoms with Crippen LogP contribution >= 0.6 is 0 Å². The summed E-state index contributed by atoms with van der Waals surface area (Å²) in [5, 5.41) is 0. The number of likely N-dealkylation sites (tertiary alicyclic amines) is 1. The van der Waals surface area contributed by atoms with Crippen molar-refractivity contribution in [3.05, 3.63) is 0 Å². The van der Waals surface area contributed by atoms with Gasteiger partial charge in [0.05, 0.1) is 0 Å². The topological polar surface area (TPSA) is 29.3 Å². The zero-order chi connectivity index (χ0) is 12.4. The Kier molecular flexibility index (Phi) is 4.48. The van der Waals surface area contributed by atoms with Crippen molar-refractivity contribution in [3.8, 4) is 0 Å². The molecule has 0 spiro atoms. The second-order valence-corrected chi connectivity index (χ2v) is 6.63. The quantitative estimate of drug-likeness (QED) is 0.801. The van der Waals surface area contributed by atoms with E-state index in [0.717, 1.165) is 30.3 Å². The highest BCUT2D eigenvalue weighted by Gasteiger charge is 2.37. The predicted octanol–water partition coefficient (Wildman–Crippen LogP) is 2.87. The Bertz CT molecular complexity index is 231. The lowest BCUT2D eigenvalue weighted by molar-refractivity contribution is 0.00491. The number of hydrogen-bond acceptors (Lipinski definition) is 2. The highest BCUT2D eigenvalue weighted by Crippen LogP contribution is 2.36. The summed E-state index contributed by atoms with van der Waals surface area (Å²) in [7, 11) is 0. The summed E-state index contributed by atoms with van der Waals surface area (Å²) in [6.45, 7) is 9.41. The van der Waals surface area contributed by atoms with Crippen molar-refractivity contribution in [2.24, 2.45) is 23.5 Å². The number of rotatable bonds is 2. The zero-order valence-corrected chi connectivity index (χ0v) is 11.9. The third-order valence-electron chi connectivity index (χ3n) is 5.16. The molecule has 2 N–H and O–H groups in total. The summed E-state index contributed by atoms with van der Waals surface area (Å²) in [5.74, 6) is 2.59. The lowest BCUT2D eigenvalue weighted by atomic mass is 9.76. The Morgan fingerprint density at radius 1 is 1.06 bits per heavy atom. The lowest BCUT2D eigenvalue weighted by Crippen LogP contribution is -2.56. The van der Waals surface area contributed by atoms with Crippen molar-refractivity contribution >= 4 is 0 Å². The molecular weight excluding hydrogens is 208 g/mol. The lowest BCUT2D eigenvalue weighted by Gasteiger charge is -2.49. The van der Waals surface area contributed by atoms with Crippen LogP contribution in [0.4, 0.5) is 0 Å². The molecule has 2 nitrogen and oxygen atoms in total. The van der Waals surface area contributed by atoms with E-state index in [2.05, 4.69) is 25.7 Å². The standard InChI is InChI=1S/C15H30N2/c1-11-7-8-17(14(9-11)10-16)15-12(2)5-4-6-13(15)3/h11-15H,4-10,16H2,1-3H3. The molecule has 17 heavy (non-hydrogen) atoms. The summed E-state index contributed by atoms with van der Waals surface area (Å²) in [4.78, 5) is 2.77. The van der Waals surface area contributed by atoms with E-state index in [0.29, 0.717) is 6.04 Å². The molecule has 1 aliphatic heterocycles. The molecule has 0 radical (unpaired) electrons. The second-order valence-electron chi connectivity index (χ2n) is 6.63. The molecule has 2 heteroatoms. The average Bonchev–Trinajstić information content (AvgIpc) is 2.30. The Balaban J connectivity index is 2.07. The fraction of sp³-hybridized carbons (Fsp3) is 1.00. The van der Waals surface area contributed by atoms with Gasteiger partial charge in [0.1, 0.15) is 0 Å². The van der Waals surface area contributed by atoms with Crippen LogP contribution in [0.1, 0.15) is 52.9 Å². The van der Waals surface area contributed by atoms with E-state index in [1.807, 2.05) is 0 Å². The fourth-order valence-corrected chi connectivity index (χ4v) is 4.21. The molecule has 0 aromatic heterocycles. The molecule has 0 bridgehead atoms. The highest BCUT2D eigenvalue weighted by molar-refractivity contribution is 4.92. The minimum atomic E-state index is 0.645. The molecule has 0 amide bonds. The maximum atomic E-state index is 6.01. The fourth-order valence-electron chi connectivity index (χ4n) is 4.21. The van der Waals surface area contributed by atoms with Gasteiger partial charge in [0.25, 0.3) is 0 Å². The van der Waals surface area contributed by atoms with Crippen molar-refractivity contribution < 1.29 is 0 Å². The third kappa shape index (κ3) is 2.85. The third-order valence-corrected chi connectivity index (χ3v) is 5.16. The van der Waals surface area contributed by atoms with E-state index in [-0.39, 0.29) is 0 Å². The first-order valence-electron chi connectivity index (χ1n) is 7.59. The molecule has 4 atom stereocenters. The summed E-state index contributed by atoms with van der Waals surface area (Å²) >= 11 is 0. The molecule has 2 fully saturated rings. The molecule has 100 valence electrons. The average molecular weight is 238 g/mol. The second kappa shape index (κ2) is 5.71. The van der Waals surface area contributed by atoms with Crippen molar-refractivity contribution in [1.82, 2.24) is 4.90 Å². The van der Waals surface area contributed by atoms with Gasteiger partial charge in [0, 0.05) is 18.6 Å². The molecule has 1 aliphatic carbocycles. The van der Waals surface area contributed by atoms with Gasteiger partial charge in [-0.15, -0.1) is 0 Å². The summed E-state index contributed by atoms with van der Waals surface area (Å²) in [6.07, 6.45) is 6.94. The number of nitrogens with two attached hydrogens (primary N) is 1. The van der Waals surface area contributed by atoms with Gasteiger partial charge in [0.15, 0.2) is 0 Å². The zero-order valence-electron chi connectivity index (χ0n) is 11.9. The highest BCUT2D eigenvalue weighted by atomic mass is 15.2. The van der Waals surface area contributed by atoms with E-state index < -0.39 is 0 Å². The van der Waals surface area contributed by atoms with Crippen LogP contribution in [0.3, 0.4) is 0 Å². The molecule has 0 aromatic rings. The van der Waals surface area contributed by atoms with Gasteiger partial charge in [-0.25, -0.2) is 0 Å². The predicted molar refractivity (Wildman–Crippen MR) is 73.9 cm³/mol. The molecule has 1 saturated heterocycles. The van der Waals surface area contributed by atoms with Gasteiger partial charge in [-0.05, 0) is 50.0 Å². The Morgan fingerprint density at radius 2 is 1.71 bits per heavy atom. The smallest absolute Gasteiger partial charge is 0.0224 e.